The zero-order valence-corrected chi connectivity index (χ0v) is 11.5. The van der Waals surface area contributed by atoms with Gasteiger partial charge in [-0.2, -0.15) is 0 Å². The van der Waals surface area contributed by atoms with Gasteiger partial charge in [0.25, 0.3) is 0 Å². The minimum Gasteiger partial charge on any atom is -0.504 e. The monoisotopic (exact) mass is 271 g/mol. The summed E-state index contributed by atoms with van der Waals surface area (Å²) >= 11 is 0. The summed E-state index contributed by atoms with van der Waals surface area (Å²) in [6.45, 7) is 3.94. The van der Waals surface area contributed by atoms with Crippen molar-refractivity contribution in [3.63, 3.8) is 0 Å². The van der Waals surface area contributed by atoms with Crippen LogP contribution in [-0.4, -0.2) is 16.1 Å². The van der Waals surface area contributed by atoms with Crippen LogP contribution in [-0.2, 0) is 11.2 Å². The number of nitrogens with one attached hydrogen (secondary N) is 1. The molecular formula is C16H17NO3. The van der Waals surface area contributed by atoms with E-state index in [1.54, 1.807) is 6.07 Å². The number of rotatable bonds is 3. The number of amides is 1. The zero-order valence-electron chi connectivity index (χ0n) is 11.5. The van der Waals surface area contributed by atoms with Gasteiger partial charge in [0.1, 0.15) is 0 Å². The van der Waals surface area contributed by atoms with Crippen molar-refractivity contribution < 1.29 is 15.0 Å². The molecule has 0 saturated heterocycles. The van der Waals surface area contributed by atoms with Crippen LogP contribution in [0.4, 0.5) is 5.69 Å². The molecule has 0 spiro atoms. The number of hydrogen-bond donors (Lipinski definition) is 3. The fourth-order valence-corrected chi connectivity index (χ4v) is 1.95. The zero-order chi connectivity index (χ0) is 14.7. The molecule has 0 heterocycles. The first-order valence-electron chi connectivity index (χ1n) is 6.34. The van der Waals surface area contributed by atoms with Gasteiger partial charge in [0.2, 0.25) is 5.91 Å². The minimum atomic E-state index is -0.220. The highest BCUT2D eigenvalue weighted by molar-refractivity contribution is 5.93. The predicted octanol–water partition coefficient (Wildman–Crippen LogP) is 2.90. The van der Waals surface area contributed by atoms with Crippen molar-refractivity contribution in [2.45, 2.75) is 20.3 Å². The number of hydrogen-bond acceptors (Lipinski definition) is 3. The Hall–Kier alpha value is -2.49. The molecule has 0 saturated carbocycles. The number of carbonyl (C=O) groups is 1. The standard InChI is InChI=1S/C16H17NO3/c1-10-4-3-5-13(11(10)2)17-16(20)9-12-6-7-14(18)15(19)8-12/h3-8,18-19H,9H2,1-2H3,(H,17,20). The minimum absolute atomic E-state index is 0.140. The number of carbonyl (C=O) groups excluding carboxylic acids is 1. The second kappa shape index (κ2) is 5.65. The van der Waals surface area contributed by atoms with Crippen molar-refractivity contribution in [2.75, 3.05) is 5.32 Å². The molecule has 0 aliphatic heterocycles. The van der Waals surface area contributed by atoms with E-state index in [4.69, 9.17) is 0 Å². The molecule has 3 N–H and O–H groups in total. The lowest BCUT2D eigenvalue weighted by atomic mass is 10.1. The number of phenolic OH excluding ortho intramolecular Hbond substituents is 2. The van der Waals surface area contributed by atoms with Crippen LogP contribution in [0.3, 0.4) is 0 Å². The number of aromatic hydroxyl groups is 2. The molecule has 0 aliphatic carbocycles. The predicted molar refractivity (Wildman–Crippen MR) is 78.0 cm³/mol. The Balaban J connectivity index is 2.09. The van der Waals surface area contributed by atoms with E-state index in [9.17, 15) is 15.0 Å². The van der Waals surface area contributed by atoms with Gasteiger partial charge in [0.05, 0.1) is 6.42 Å². The van der Waals surface area contributed by atoms with Gasteiger partial charge in [-0.15, -0.1) is 0 Å². The van der Waals surface area contributed by atoms with Crippen LogP contribution >= 0.6 is 0 Å². The molecule has 1 amide bonds. The number of anilines is 1. The average Bonchev–Trinajstić information content (AvgIpc) is 2.39. The Morgan fingerprint density at radius 2 is 1.85 bits per heavy atom. The third-order valence-electron chi connectivity index (χ3n) is 3.28. The van der Waals surface area contributed by atoms with E-state index >= 15 is 0 Å². The molecule has 2 aromatic rings. The van der Waals surface area contributed by atoms with E-state index in [2.05, 4.69) is 5.32 Å². The molecule has 4 nitrogen and oxygen atoms in total. The van der Waals surface area contributed by atoms with E-state index in [0.717, 1.165) is 16.8 Å². The maximum Gasteiger partial charge on any atom is 0.228 e. The first-order valence-corrected chi connectivity index (χ1v) is 6.34. The lowest BCUT2D eigenvalue weighted by molar-refractivity contribution is -0.115. The van der Waals surface area contributed by atoms with Crippen LogP contribution in [0.15, 0.2) is 36.4 Å². The summed E-state index contributed by atoms with van der Waals surface area (Å²) in [7, 11) is 0. The van der Waals surface area contributed by atoms with Crippen molar-refractivity contribution in [3.8, 4) is 11.5 Å². The second-order valence-electron chi connectivity index (χ2n) is 4.80. The molecule has 0 radical (unpaired) electrons. The fourth-order valence-electron chi connectivity index (χ4n) is 1.95. The molecule has 0 aromatic heterocycles. The summed E-state index contributed by atoms with van der Waals surface area (Å²) in [5.74, 6) is -0.575. The molecule has 4 heteroatoms. The number of phenols is 2. The van der Waals surface area contributed by atoms with Crippen molar-refractivity contribution in [1.29, 1.82) is 0 Å². The first-order chi connectivity index (χ1) is 9.47. The lowest BCUT2D eigenvalue weighted by Gasteiger charge is -2.10. The largest absolute Gasteiger partial charge is 0.504 e. The molecular weight excluding hydrogens is 254 g/mol. The van der Waals surface area contributed by atoms with Crippen LogP contribution < -0.4 is 5.32 Å². The Morgan fingerprint density at radius 1 is 1.10 bits per heavy atom. The van der Waals surface area contributed by atoms with E-state index in [1.165, 1.54) is 12.1 Å². The van der Waals surface area contributed by atoms with Gasteiger partial charge in [0, 0.05) is 5.69 Å². The summed E-state index contributed by atoms with van der Waals surface area (Å²) in [6.07, 6.45) is 0.140. The summed E-state index contributed by atoms with van der Waals surface area (Å²) in [5.41, 5.74) is 3.58. The van der Waals surface area contributed by atoms with Crippen LogP contribution in [0.5, 0.6) is 11.5 Å². The maximum absolute atomic E-state index is 12.0. The summed E-state index contributed by atoms with van der Waals surface area (Å²) in [4.78, 5) is 12.0. The summed E-state index contributed by atoms with van der Waals surface area (Å²) in [5, 5.41) is 21.5. The molecule has 2 rings (SSSR count). The molecule has 104 valence electrons. The third kappa shape index (κ3) is 3.09. The number of benzene rings is 2. The topological polar surface area (TPSA) is 69.6 Å². The molecule has 2 aromatic carbocycles. The van der Waals surface area contributed by atoms with Crippen LogP contribution in [0.1, 0.15) is 16.7 Å². The van der Waals surface area contributed by atoms with Gasteiger partial charge >= 0.3 is 0 Å². The fraction of sp³-hybridized carbons (Fsp3) is 0.188. The quantitative estimate of drug-likeness (QED) is 0.752. The van der Waals surface area contributed by atoms with Crippen molar-refractivity contribution in [2.24, 2.45) is 0 Å². The number of aryl methyl sites for hydroxylation is 1. The van der Waals surface area contributed by atoms with Gasteiger partial charge in [-0.3, -0.25) is 4.79 Å². The van der Waals surface area contributed by atoms with E-state index in [1.807, 2.05) is 32.0 Å². The smallest absolute Gasteiger partial charge is 0.228 e. The normalized spacial score (nSPS) is 10.3. The molecule has 0 atom stereocenters. The SMILES string of the molecule is Cc1cccc(NC(=O)Cc2ccc(O)c(O)c2)c1C. The third-order valence-corrected chi connectivity index (χ3v) is 3.28. The first kappa shape index (κ1) is 13.9. The van der Waals surface area contributed by atoms with Crippen LogP contribution in [0.2, 0.25) is 0 Å². The molecule has 0 bridgehead atoms. The van der Waals surface area contributed by atoms with Gasteiger partial charge in [-0.05, 0) is 48.7 Å². The van der Waals surface area contributed by atoms with Crippen LogP contribution in [0, 0.1) is 13.8 Å². The van der Waals surface area contributed by atoms with Crippen molar-refractivity contribution in [1.82, 2.24) is 0 Å². The Labute approximate surface area is 117 Å². The maximum atomic E-state index is 12.0. The van der Waals surface area contributed by atoms with E-state index in [0.29, 0.717) is 5.56 Å². The highest BCUT2D eigenvalue weighted by atomic mass is 16.3. The molecule has 0 unspecified atom stereocenters. The molecule has 0 fully saturated rings. The highest BCUT2D eigenvalue weighted by Gasteiger charge is 2.08. The average molecular weight is 271 g/mol. The Morgan fingerprint density at radius 3 is 2.55 bits per heavy atom. The van der Waals surface area contributed by atoms with Gasteiger partial charge in [0.15, 0.2) is 11.5 Å². The van der Waals surface area contributed by atoms with Crippen molar-refractivity contribution >= 4 is 11.6 Å². The Bertz CT molecular complexity index is 650. The van der Waals surface area contributed by atoms with Crippen molar-refractivity contribution in [3.05, 3.63) is 53.1 Å². The van der Waals surface area contributed by atoms with E-state index < -0.39 is 0 Å². The van der Waals surface area contributed by atoms with Gasteiger partial charge in [-0.1, -0.05) is 18.2 Å². The molecule has 20 heavy (non-hydrogen) atoms. The summed E-state index contributed by atoms with van der Waals surface area (Å²) in [6, 6.07) is 10.1. The van der Waals surface area contributed by atoms with E-state index in [-0.39, 0.29) is 23.8 Å². The molecule has 0 aliphatic rings. The van der Waals surface area contributed by atoms with Gasteiger partial charge < -0.3 is 15.5 Å². The Kier molecular flexibility index (Phi) is 3.94. The second-order valence-corrected chi connectivity index (χ2v) is 4.80. The highest BCUT2D eigenvalue weighted by Crippen LogP contribution is 2.25. The lowest BCUT2D eigenvalue weighted by Crippen LogP contribution is -2.15. The summed E-state index contributed by atoms with van der Waals surface area (Å²) < 4.78 is 0. The van der Waals surface area contributed by atoms with Crippen LogP contribution in [0.25, 0.3) is 0 Å². The van der Waals surface area contributed by atoms with Gasteiger partial charge in [-0.25, -0.2) is 0 Å².